The summed E-state index contributed by atoms with van der Waals surface area (Å²) in [5.74, 6) is 0.992. The molecule has 0 N–H and O–H groups in total. The Morgan fingerprint density at radius 1 is 1.39 bits per heavy atom. The van der Waals surface area contributed by atoms with Crippen LogP contribution >= 0.6 is 0 Å². The first-order valence-corrected chi connectivity index (χ1v) is 7.07. The fraction of sp³-hybridized carbons (Fsp3) is 0.250. The highest BCUT2D eigenvalue weighted by molar-refractivity contribution is 5.76. The number of fused-ring (bicyclic) bond motifs is 1. The van der Waals surface area contributed by atoms with E-state index in [1.165, 1.54) is 6.07 Å². The molecule has 0 radical (unpaired) electrons. The van der Waals surface area contributed by atoms with E-state index < -0.39 is 4.92 Å². The van der Waals surface area contributed by atoms with Crippen LogP contribution in [0.25, 0.3) is 0 Å². The molecule has 2 heterocycles. The molecule has 7 nitrogen and oxygen atoms in total. The zero-order valence-electron chi connectivity index (χ0n) is 12.6. The third-order valence-corrected chi connectivity index (χ3v) is 3.69. The number of carbonyl (C=O) groups excluding carboxylic acids is 1. The number of rotatable bonds is 3. The highest BCUT2D eigenvalue weighted by Crippen LogP contribution is 2.37. The Hall–Kier alpha value is -2.96. The molecule has 0 fully saturated rings. The highest BCUT2D eigenvalue weighted by Gasteiger charge is 2.24. The molecule has 1 atom stereocenters. The molecule has 1 aliphatic heterocycles. The number of nitro groups is 1. The van der Waals surface area contributed by atoms with E-state index in [1.807, 2.05) is 13.0 Å². The van der Waals surface area contributed by atoms with E-state index >= 15 is 0 Å². The van der Waals surface area contributed by atoms with Gasteiger partial charge in [0.1, 0.15) is 17.7 Å². The van der Waals surface area contributed by atoms with Gasteiger partial charge in [-0.3, -0.25) is 14.9 Å². The maximum Gasteiger partial charge on any atom is 0.311 e. The van der Waals surface area contributed by atoms with Gasteiger partial charge in [0.15, 0.2) is 0 Å². The van der Waals surface area contributed by atoms with Gasteiger partial charge in [-0.05, 0) is 24.5 Å². The van der Waals surface area contributed by atoms with Gasteiger partial charge in [0, 0.05) is 17.7 Å². The average molecular weight is 314 g/mol. The van der Waals surface area contributed by atoms with E-state index in [9.17, 15) is 14.9 Å². The smallest absolute Gasteiger partial charge is 0.311 e. The molecule has 0 saturated carbocycles. The standard InChI is InChI=1S/C16H14N2O5/c1-9-6-16(19)23-14-7-11(3-4-12(9)14)22-15-5-10(2)13(8-17-15)18(20)21/h3-5,7-9H,6H2,1-2H3. The first-order valence-electron chi connectivity index (χ1n) is 7.07. The first kappa shape index (κ1) is 15.0. The normalized spacial score (nSPS) is 16.4. The number of hydrogen-bond acceptors (Lipinski definition) is 6. The summed E-state index contributed by atoms with van der Waals surface area (Å²) in [5, 5.41) is 10.8. The van der Waals surface area contributed by atoms with Crippen LogP contribution in [0.15, 0.2) is 30.5 Å². The van der Waals surface area contributed by atoms with Crippen LogP contribution in [0.3, 0.4) is 0 Å². The van der Waals surface area contributed by atoms with Crippen LogP contribution < -0.4 is 9.47 Å². The summed E-state index contributed by atoms with van der Waals surface area (Å²) in [5.41, 5.74) is 1.34. The van der Waals surface area contributed by atoms with Gasteiger partial charge in [-0.25, -0.2) is 4.98 Å². The van der Waals surface area contributed by atoms with Crippen molar-refractivity contribution in [2.75, 3.05) is 0 Å². The van der Waals surface area contributed by atoms with E-state index in [-0.39, 0.29) is 23.5 Å². The second-order valence-electron chi connectivity index (χ2n) is 5.45. The first-order chi connectivity index (χ1) is 10.9. The largest absolute Gasteiger partial charge is 0.439 e. The van der Waals surface area contributed by atoms with Gasteiger partial charge in [0.25, 0.3) is 5.69 Å². The lowest BCUT2D eigenvalue weighted by Gasteiger charge is -2.21. The topological polar surface area (TPSA) is 91.6 Å². The third-order valence-electron chi connectivity index (χ3n) is 3.69. The van der Waals surface area contributed by atoms with Gasteiger partial charge >= 0.3 is 5.97 Å². The van der Waals surface area contributed by atoms with Crippen molar-refractivity contribution in [3.63, 3.8) is 0 Å². The Kier molecular flexibility index (Phi) is 3.69. The molecule has 0 bridgehead atoms. The van der Waals surface area contributed by atoms with Crippen molar-refractivity contribution in [1.82, 2.24) is 4.98 Å². The Morgan fingerprint density at radius 2 is 2.17 bits per heavy atom. The molecule has 0 spiro atoms. The lowest BCUT2D eigenvalue weighted by molar-refractivity contribution is -0.385. The summed E-state index contributed by atoms with van der Waals surface area (Å²) in [7, 11) is 0. The molecular weight excluding hydrogens is 300 g/mol. The second-order valence-corrected chi connectivity index (χ2v) is 5.45. The van der Waals surface area contributed by atoms with Crippen LogP contribution in [0.1, 0.15) is 30.4 Å². The minimum absolute atomic E-state index is 0.0643. The summed E-state index contributed by atoms with van der Waals surface area (Å²) >= 11 is 0. The predicted molar refractivity (Wildman–Crippen MR) is 80.8 cm³/mol. The van der Waals surface area contributed by atoms with Crippen molar-refractivity contribution >= 4 is 11.7 Å². The van der Waals surface area contributed by atoms with Gasteiger partial charge < -0.3 is 9.47 Å². The minimum atomic E-state index is -0.494. The summed E-state index contributed by atoms with van der Waals surface area (Å²) < 4.78 is 10.8. The van der Waals surface area contributed by atoms with Crippen molar-refractivity contribution in [3.05, 3.63) is 51.7 Å². The van der Waals surface area contributed by atoms with Crippen LogP contribution in [-0.4, -0.2) is 15.9 Å². The number of carbonyl (C=O) groups is 1. The quantitative estimate of drug-likeness (QED) is 0.372. The Balaban J connectivity index is 1.86. The van der Waals surface area contributed by atoms with E-state index in [0.29, 0.717) is 23.5 Å². The fourth-order valence-electron chi connectivity index (χ4n) is 2.49. The van der Waals surface area contributed by atoms with Gasteiger partial charge in [-0.15, -0.1) is 0 Å². The molecule has 1 aromatic carbocycles. The number of benzene rings is 1. The van der Waals surface area contributed by atoms with Crippen LogP contribution in [0, 0.1) is 17.0 Å². The number of esters is 1. The molecule has 118 valence electrons. The number of pyridine rings is 1. The monoisotopic (exact) mass is 314 g/mol. The van der Waals surface area contributed by atoms with E-state index in [0.717, 1.165) is 11.8 Å². The summed E-state index contributed by atoms with van der Waals surface area (Å²) in [6.07, 6.45) is 1.52. The van der Waals surface area contributed by atoms with E-state index in [2.05, 4.69) is 4.98 Å². The molecule has 1 aliphatic rings. The SMILES string of the molecule is Cc1cc(Oc2ccc3c(c2)OC(=O)CC3C)ncc1[N+](=O)[O-]. The lowest BCUT2D eigenvalue weighted by Crippen LogP contribution is -2.18. The van der Waals surface area contributed by atoms with Gasteiger partial charge in [0.2, 0.25) is 5.88 Å². The summed E-state index contributed by atoms with van der Waals surface area (Å²) in [4.78, 5) is 25.7. The van der Waals surface area contributed by atoms with Crippen LogP contribution in [0.4, 0.5) is 5.69 Å². The molecule has 0 aliphatic carbocycles. The molecule has 0 saturated heterocycles. The van der Waals surface area contributed by atoms with Gasteiger partial charge in [-0.1, -0.05) is 13.0 Å². The number of ether oxygens (including phenoxy) is 2. The molecule has 1 unspecified atom stereocenters. The second kappa shape index (κ2) is 5.68. The molecule has 23 heavy (non-hydrogen) atoms. The molecule has 7 heteroatoms. The maximum atomic E-state index is 11.5. The van der Waals surface area contributed by atoms with E-state index in [1.54, 1.807) is 19.1 Å². The van der Waals surface area contributed by atoms with Crippen LogP contribution in [0.2, 0.25) is 0 Å². The maximum absolute atomic E-state index is 11.5. The lowest BCUT2D eigenvalue weighted by atomic mass is 9.95. The minimum Gasteiger partial charge on any atom is -0.439 e. The Bertz CT molecular complexity index is 803. The van der Waals surface area contributed by atoms with Crippen molar-refractivity contribution in [1.29, 1.82) is 0 Å². The Morgan fingerprint density at radius 3 is 2.87 bits per heavy atom. The Labute approximate surface area is 132 Å². The zero-order valence-corrected chi connectivity index (χ0v) is 12.6. The van der Waals surface area contributed by atoms with Crippen LogP contribution in [-0.2, 0) is 4.79 Å². The number of aryl methyl sites for hydroxylation is 1. The van der Waals surface area contributed by atoms with E-state index in [4.69, 9.17) is 9.47 Å². The third kappa shape index (κ3) is 2.98. The van der Waals surface area contributed by atoms with Crippen molar-refractivity contribution in [2.45, 2.75) is 26.2 Å². The molecule has 2 aromatic rings. The average Bonchev–Trinajstić information content (AvgIpc) is 2.46. The molecule has 3 rings (SSSR count). The number of hydrogen-bond donors (Lipinski definition) is 0. The fourth-order valence-corrected chi connectivity index (χ4v) is 2.49. The molecular formula is C16H14N2O5. The van der Waals surface area contributed by atoms with Crippen molar-refractivity contribution in [3.8, 4) is 17.4 Å². The molecule has 0 amide bonds. The van der Waals surface area contributed by atoms with Crippen molar-refractivity contribution < 1.29 is 19.2 Å². The number of nitrogens with zero attached hydrogens (tertiary/aromatic N) is 2. The zero-order chi connectivity index (χ0) is 16.6. The summed E-state index contributed by atoms with van der Waals surface area (Å²) in [6, 6.07) is 6.72. The van der Waals surface area contributed by atoms with Crippen molar-refractivity contribution in [2.24, 2.45) is 0 Å². The number of aromatic nitrogens is 1. The van der Waals surface area contributed by atoms with Gasteiger partial charge in [-0.2, -0.15) is 0 Å². The summed E-state index contributed by atoms with van der Waals surface area (Å²) in [6.45, 7) is 3.57. The van der Waals surface area contributed by atoms with Gasteiger partial charge in [0.05, 0.1) is 11.3 Å². The highest BCUT2D eigenvalue weighted by atomic mass is 16.6. The predicted octanol–water partition coefficient (Wildman–Crippen LogP) is 3.50. The molecule has 1 aromatic heterocycles. The van der Waals surface area contributed by atoms with Crippen LogP contribution in [0.5, 0.6) is 17.4 Å².